The van der Waals surface area contributed by atoms with E-state index in [1.807, 2.05) is 42.5 Å². The lowest BCUT2D eigenvalue weighted by molar-refractivity contribution is 0.102. The second-order valence-corrected chi connectivity index (χ2v) is 6.23. The van der Waals surface area contributed by atoms with Crippen molar-refractivity contribution in [1.82, 2.24) is 0 Å². The van der Waals surface area contributed by atoms with E-state index in [0.29, 0.717) is 10.7 Å². The van der Waals surface area contributed by atoms with Crippen LogP contribution in [0.25, 0.3) is 0 Å². The summed E-state index contributed by atoms with van der Waals surface area (Å²) in [5, 5.41) is 13.0. The fourth-order valence-electron chi connectivity index (χ4n) is 2.58. The molecule has 25 heavy (non-hydrogen) atoms. The number of nitrogens with one attached hydrogen (secondary N) is 1. The summed E-state index contributed by atoms with van der Waals surface area (Å²) >= 11 is 5.88. The Kier molecular flexibility index (Phi) is 5.36. The average molecular weight is 352 g/mol. The molecular formula is C21H18ClNO2. The molecule has 3 aromatic carbocycles. The number of aromatic hydroxyl groups is 1. The Morgan fingerprint density at radius 2 is 1.52 bits per heavy atom. The number of phenolic OH excluding ortho intramolecular Hbond substituents is 1. The minimum atomic E-state index is -0.392. The molecule has 0 aromatic heterocycles. The molecule has 0 saturated carbocycles. The van der Waals surface area contributed by atoms with E-state index in [1.165, 1.54) is 29.3 Å². The third-order valence-corrected chi connectivity index (χ3v) is 4.20. The number of hydrogen-bond acceptors (Lipinski definition) is 2. The van der Waals surface area contributed by atoms with Gasteiger partial charge in [-0.05, 0) is 54.3 Å². The highest BCUT2D eigenvalue weighted by Crippen LogP contribution is 2.23. The molecule has 3 nitrogen and oxygen atoms in total. The molecule has 0 spiro atoms. The topological polar surface area (TPSA) is 49.3 Å². The van der Waals surface area contributed by atoms with E-state index < -0.39 is 5.91 Å². The van der Waals surface area contributed by atoms with Gasteiger partial charge in [0.1, 0.15) is 5.75 Å². The number of amides is 1. The first-order valence-corrected chi connectivity index (χ1v) is 8.42. The van der Waals surface area contributed by atoms with E-state index in [9.17, 15) is 9.90 Å². The largest absolute Gasteiger partial charge is 0.507 e. The zero-order chi connectivity index (χ0) is 17.6. The first-order chi connectivity index (χ1) is 12.1. The third-order valence-electron chi connectivity index (χ3n) is 3.96. The fraction of sp³-hybridized carbons (Fsp3) is 0.0952. The highest BCUT2D eigenvalue weighted by Gasteiger charge is 2.12. The molecular weight excluding hydrogens is 334 g/mol. The Hall–Kier alpha value is -2.78. The van der Waals surface area contributed by atoms with E-state index in [4.69, 9.17) is 11.6 Å². The summed E-state index contributed by atoms with van der Waals surface area (Å²) in [6.07, 6.45) is 1.91. The highest BCUT2D eigenvalue weighted by atomic mass is 35.5. The number of rotatable bonds is 5. The van der Waals surface area contributed by atoms with E-state index in [1.54, 1.807) is 0 Å². The minimum Gasteiger partial charge on any atom is -0.507 e. The Morgan fingerprint density at radius 1 is 0.880 bits per heavy atom. The molecule has 1 amide bonds. The second-order valence-electron chi connectivity index (χ2n) is 5.80. The predicted octanol–water partition coefficient (Wildman–Crippen LogP) is 5.08. The van der Waals surface area contributed by atoms with Crippen LogP contribution in [0.4, 0.5) is 5.69 Å². The van der Waals surface area contributed by atoms with Gasteiger partial charge in [0.2, 0.25) is 0 Å². The lowest BCUT2D eigenvalue weighted by Crippen LogP contribution is -2.12. The maximum absolute atomic E-state index is 12.3. The molecule has 0 fully saturated rings. The van der Waals surface area contributed by atoms with Crippen molar-refractivity contribution >= 4 is 23.2 Å². The number of aryl methyl sites for hydroxylation is 2. The van der Waals surface area contributed by atoms with Gasteiger partial charge in [-0.1, -0.05) is 54.1 Å². The zero-order valence-electron chi connectivity index (χ0n) is 13.6. The van der Waals surface area contributed by atoms with Crippen LogP contribution >= 0.6 is 11.6 Å². The monoisotopic (exact) mass is 351 g/mol. The molecule has 0 radical (unpaired) electrons. The molecule has 2 N–H and O–H groups in total. The number of carbonyl (C=O) groups excluding carboxylic acids is 1. The normalized spacial score (nSPS) is 10.4. The summed E-state index contributed by atoms with van der Waals surface area (Å²) in [5.74, 6) is -0.488. The van der Waals surface area contributed by atoms with Crippen molar-refractivity contribution in [2.24, 2.45) is 0 Å². The van der Waals surface area contributed by atoms with Crippen molar-refractivity contribution in [3.05, 3.63) is 94.5 Å². The van der Waals surface area contributed by atoms with E-state index in [0.717, 1.165) is 12.8 Å². The molecule has 3 rings (SSSR count). The SMILES string of the molecule is O=C(Nc1ccc(CCc2ccccc2)cc1)c1cc(Cl)ccc1O. The van der Waals surface area contributed by atoms with Gasteiger partial charge in [-0.2, -0.15) is 0 Å². The summed E-state index contributed by atoms with van der Waals surface area (Å²) in [6, 6.07) is 22.4. The van der Waals surface area contributed by atoms with Gasteiger partial charge in [-0.15, -0.1) is 0 Å². The van der Waals surface area contributed by atoms with Crippen molar-refractivity contribution in [3.8, 4) is 5.75 Å². The van der Waals surface area contributed by atoms with Gasteiger partial charge >= 0.3 is 0 Å². The van der Waals surface area contributed by atoms with Crippen LogP contribution < -0.4 is 5.32 Å². The van der Waals surface area contributed by atoms with Gasteiger partial charge in [-0.3, -0.25) is 4.79 Å². The standard InChI is InChI=1S/C21H18ClNO2/c22-17-10-13-20(24)19(14-17)21(25)23-18-11-8-16(9-12-18)7-6-15-4-2-1-3-5-15/h1-5,8-14,24H,6-7H2,(H,23,25). The lowest BCUT2D eigenvalue weighted by Gasteiger charge is -2.08. The van der Waals surface area contributed by atoms with Gasteiger partial charge in [0, 0.05) is 10.7 Å². The van der Waals surface area contributed by atoms with Crippen molar-refractivity contribution in [2.75, 3.05) is 5.32 Å². The van der Waals surface area contributed by atoms with Crippen LogP contribution in [0.5, 0.6) is 5.75 Å². The van der Waals surface area contributed by atoms with Crippen molar-refractivity contribution in [1.29, 1.82) is 0 Å². The first-order valence-electron chi connectivity index (χ1n) is 8.04. The number of benzene rings is 3. The van der Waals surface area contributed by atoms with Gasteiger partial charge in [-0.25, -0.2) is 0 Å². The van der Waals surface area contributed by atoms with Crippen LogP contribution in [-0.4, -0.2) is 11.0 Å². The van der Waals surface area contributed by atoms with Gasteiger partial charge in [0.15, 0.2) is 0 Å². The highest BCUT2D eigenvalue weighted by molar-refractivity contribution is 6.31. The summed E-state index contributed by atoms with van der Waals surface area (Å²) in [6.45, 7) is 0. The Morgan fingerprint density at radius 3 is 2.20 bits per heavy atom. The van der Waals surface area contributed by atoms with Crippen molar-refractivity contribution in [3.63, 3.8) is 0 Å². The van der Waals surface area contributed by atoms with Gasteiger partial charge in [0.05, 0.1) is 5.56 Å². The molecule has 3 aromatic rings. The van der Waals surface area contributed by atoms with Gasteiger partial charge in [0.25, 0.3) is 5.91 Å². The van der Waals surface area contributed by atoms with E-state index in [-0.39, 0.29) is 11.3 Å². The summed E-state index contributed by atoms with van der Waals surface area (Å²) in [7, 11) is 0. The molecule has 0 aliphatic carbocycles. The quantitative estimate of drug-likeness (QED) is 0.673. The molecule has 0 unspecified atom stereocenters. The molecule has 0 aliphatic heterocycles. The zero-order valence-corrected chi connectivity index (χ0v) is 14.3. The number of carbonyl (C=O) groups is 1. The number of phenols is 1. The maximum atomic E-state index is 12.3. The third kappa shape index (κ3) is 4.61. The molecule has 0 heterocycles. The molecule has 0 aliphatic rings. The lowest BCUT2D eigenvalue weighted by atomic mass is 10.0. The number of hydrogen-bond donors (Lipinski definition) is 2. The van der Waals surface area contributed by atoms with Crippen LogP contribution in [0.2, 0.25) is 5.02 Å². The predicted molar refractivity (Wildman–Crippen MR) is 101 cm³/mol. The average Bonchev–Trinajstić information content (AvgIpc) is 2.64. The van der Waals surface area contributed by atoms with E-state index in [2.05, 4.69) is 17.4 Å². The smallest absolute Gasteiger partial charge is 0.259 e. The van der Waals surface area contributed by atoms with Crippen molar-refractivity contribution in [2.45, 2.75) is 12.8 Å². The minimum absolute atomic E-state index is 0.0959. The van der Waals surface area contributed by atoms with Crippen molar-refractivity contribution < 1.29 is 9.90 Å². The number of halogens is 1. The van der Waals surface area contributed by atoms with Gasteiger partial charge < -0.3 is 10.4 Å². The summed E-state index contributed by atoms with van der Waals surface area (Å²) < 4.78 is 0. The van der Waals surface area contributed by atoms with Crippen LogP contribution in [0.3, 0.4) is 0 Å². The summed E-state index contributed by atoms with van der Waals surface area (Å²) in [5.41, 5.74) is 3.33. The molecule has 126 valence electrons. The first kappa shape index (κ1) is 17.1. The second kappa shape index (κ2) is 7.86. The van der Waals surface area contributed by atoms with Crippen LogP contribution in [0.1, 0.15) is 21.5 Å². The molecule has 0 bridgehead atoms. The Labute approximate surface area is 151 Å². The van der Waals surface area contributed by atoms with Crippen LogP contribution in [-0.2, 0) is 12.8 Å². The van der Waals surface area contributed by atoms with E-state index >= 15 is 0 Å². The molecule has 0 atom stereocenters. The van der Waals surface area contributed by atoms with Crippen LogP contribution in [0.15, 0.2) is 72.8 Å². The van der Waals surface area contributed by atoms with Crippen LogP contribution in [0, 0.1) is 0 Å². The Bertz CT molecular complexity index is 861. The fourth-order valence-corrected chi connectivity index (χ4v) is 2.75. The Balaban J connectivity index is 1.62. The maximum Gasteiger partial charge on any atom is 0.259 e. The number of anilines is 1. The molecule has 4 heteroatoms. The molecule has 0 saturated heterocycles. The summed E-state index contributed by atoms with van der Waals surface area (Å²) in [4.78, 5) is 12.3.